The molecule has 1 aliphatic heterocycles. The summed E-state index contributed by atoms with van der Waals surface area (Å²) in [6.07, 6.45) is 5.25. The molecule has 0 radical (unpaired) electrons. The van der Waals surface area contributed by atoms with Crippen LogP contribution in [-0.2, 0) is 13.0 Å². The van der Waals surface area contributed by atoms with Gasteiger partial charge in [-0.1, -0.05) is 49.2 Å². The molecule has 0 unspecified atom stereocenters. The van der Waals surface area contributed by atoms with Gasteiger partial charge in [-0.2, -0.15) is 0 Å². The lowest BCUT2D eigenvalue weighted by atomic mass is 10.0. The molecule has 0 atom stereocenters. The number of allylic oxidation sites excluding steroid dienone is 2. The summed E-state index contributed by atoms with van der Waals surface area (Å²) in [7, 11) is 0. The minimum Gasteiger partial charge on any atom is -0.256 e. The lowest BCUT2D eigenvalue weighted by Crippen LogP contribution is -2.13. The van der Waals surface area contributed by atoms with E-state index in [0.717, 1.165) is 32.4 Å². The van der Waals surface area contributed by atoms with Gasteiger partial charge < -0.3 is 0 Å². The summed E-state index contributed by atoms with van der Waals surface area (Å²) < 4.78 is 2.36. The molecule has 2 aromatic rings. The normalized spacial score (nSPS) is 14.5. The van der Waals surface area contributed by atoms with Crippen molar-refractivity contribution in [3.63, 3.8) is 0 Å². The van der Waals surface area contributed by atoms with Gasteiger partial charge in [0.25, 0.3) is 0 Å². The van der Waals surface area contributed by atoms with Gasteiger partial charge in [0, 0.05) is 30.1 Å². The highest BCUT2D eigenvalue weighted by Gasteiger charge is 2.16. The van der Waals surface area contributed by atoms with E-state index in [-0.39, 0.29) is 0 Å². The second-order valence-electron chi connectivity index (χ2n) is 6.39. The van der Waals surface area contributed by atoms with Gasteiger partial charge in [-0.05, 0) is 54.2 Å². The number of rotatable bonds is 8. The van der Waals surface area contributed by atoms with Crippen LogP contribution in [0.4, 0.5) is 0 Å². The van der Waals surface area contributed by atoms with Crippen LogP contribution in [0.1, 0.15) is 42.7 Å². The smallest absolute Gasteiger partial charge is 0.0619 e. The third-order valence-corrected chi connectivity index (χ3v) is 6.47. The zero-order chi connectivity index (χ0) is 17.6. The summed E-state index contributed by atoms with van der Waals surface area (Å²) in [5, 5.41) is 2.13. The van der Waals surface area contributed by atoms with Gasteiger partial charge in [0.1, 0.15) is 0 Å². The van der Waals surface area contributed by atoms with Crippen molar-refractivity contribution in [1.29, 1.82) is 0 Å². The summed E-state index contributed by atoms with van der Waals surface area (Å²) in [5.41, 5.74) is 6.74. The van der Waals surface area contributed by atoms with E-state index in [1.54, 1.807) is 11.3 Å². The Kier molecular flexibility index (Phi) is 6.51. The highest BCUT2D eigenvalue weighted by atomic mass is 32.2. The standard InChI is InChI=1S/C21H26N2S2/c1-4-23(24-3)15-18-9-7-17(8-10-18)11-12-19-16(2)14-20(22-19)21-6-5-13-25-21/h5-10,13H,4,11-12,14-15H2,1-3H3. The van der Waals surface area contributed by atoms with Crippen LogP contribution < -0.4 is 0 Å². The lowest BCUT2D eigenvalue weighted by molar-refractivity contribution is 0.494. The third-order valence-electron chi connectivity index (χ3n) is 4.64. The van der Waals surface area contributed by atoms with Gasteiger partial charge in [-0.15, -0.1) is 11.3 Å². The molecule has 0 spiro atoms. The van der Waals surface area contributed by atoms with Crippen LogP contribution in [0.2, 0.25) is 0 Å². The Labute approximate surface area is 159 Å². The molecule has 1 aliphatic rings. The quantitative estimate of drug-likeness (QED) is 0.534. The summed E-state index contributed by atoms with van der Waals surface area (Å²) in [6, 6.07) is 13.4. The number of hydrogen-bond donors (Lipinski definition) is 0. The molecule has 0 amide bonds. The monoisotopic (exact) mass is 370 g/mol. The fourth-order valence-corrected chi connectivity index (χ4v) is 4.34. The third kappa shape index (κ3) is 4.84. The van der Waals surface area contributed by atoms with Crippen molar-refractivity contribution in [2.75, 3.05) is 12.8 Å². The second-order valence-corrected chi connectivity index (χ2v) is 8.22. The van der Waals surface area contributed by atoms with E-state index < -0.39 is 0 Å². The number of hydrogen-bond acceptors (Lipinski definition) is 4. The van der Waals surface area contributed by atoms with Crippen molar-refractivity contribution < 1.29 is 0 Å². The van der Waals surface area contributed by atoms with Crippen LogP contribution in [0.3, 0.4) is 0 Å². The van der Waals surface area contributed by atoms with Crippen LogP contribution in [-0.4, -0.2) is 22.8 Å². The maximum absolute atomic E-state index is 4.90. The Morgan fingerprint density at radius 1 is 1.12 bits per heavy atom. The largest absolute Gasteiger partial charge is 0.256 e. The van der Waals surface area contributed by atoms with E-state index in [9.17, 15) is 0 Å². The molecule has 4 heteroatoms. The summed E-state index contributed by atoms with van der Waals surface area (Å²) in [5.74, 6) is 0. The molecule has 2 heterocycles. The van der Waals surface area contributed by atoms with E-state index in [2.05, 4.69) is 66.2 Å². The maximum atomic E-state index is 4.90. The van der Waals surface area contributed by atoms with Crippen LogP contribution in [0.15, 0.2) is 58.0 Å². The Morgan fingerprint density at radius 3 is 2.52 bits per heavy atom. The van der Waals surface area contributed by atoms with E-state index in [0.29, 0.717) is 0 Å². The first-order valence-electron chi connectivity index (χ1n) is 8.86. The Hall–Kier alpha value is -1.36. The Morgan fingerprint density at radius 2 is 1.88 bits per heavy atom. The van der Waals surface area contributed by atoms with Crippen LogP contribution in [0.25, 0.3) is 0 Å². The van der Waals surface area contributed by atoms with Gasteiger partial charge in [-0.3, -0.25) is 4.99 Å². The van der Waals surface area contributed by atoms with Crippen molar-refractivity contribution in [1.82, 2.24) is 4.31 Å². The highest BCUT2D eigenvalue weighted by molar-refractivity contribution is 7.96. The zero-order valence-electron chi connectivity index (χ0n) is 15.3. The number of aliphatic imine (C=N–C) groups is 1. The molecule has 2 nitrogen and oxygen atoms in total. The lowest BCUT2D eigenvalue weighted by Gasteiger charge is -2.16. The molecule has 0 fully saturated rings. The molecule has 1 aromatic heterocycles. The molecule has 0 aliphatic carbocycles. The summed E-state index contributed by atoms with van der Waals surface area (Å²) in [6.45, 7) is 6.51. The molecule has 132 valence electrons. The average Bonchev–Trinajstić information content (AvgIpc) is 3.28. The van der Waals surface area contributed by atoms with E-state index in [1.165, 1.54) is 33.0 Å². The summed E-state index contributed by atoms with van der Waals surface area (Å²) >= 11 is 3.59. The first-order valence-corrected chi connectivity index (χ1v) is 10.9. The van der Waals surface area contributed by atoms with Crippen molar-refractivity contribution in [2.24, 2.45) is 4.99 Å². The topological polar surface area (TPSA) is 15.6 Å². The van der Waals surface area contributed by atoms with Gasteiger partial charge in [0.15, 0.2) is 0 Å². The molecular formula is C21H26N2S2. The second kappa shape index (κ2) is 8.84. The predicted molar refractivity (Wildman–Crippen MR) is 113 cm³/mol. The van der Waals surface area contributed by atoms with Crippen molar-refractivity contribution in [3.05, 3.63) is 69.1 Å². The van der Waals surface area contributed by atoms with Crippen molar-refractivity contribution in [3.8, 4) is 0 Å². The molecule has 0 saturated carbocycles. The first-order chi connectivity index (χ1) is 12.2. The minimum absolute atomic E-state index is 1.01. The van der Waals surface area contributed by atoms with Gasteiger partial charge in [-0.25, -0.2) is 4.31 Å². The molecule has 0 saturated heterocycles. The number of nitrogens with zero attached hydrogens (tertiary/aromatic N) is 2. The Balaban J connectivity index is 1.57. The number of thiophene rings is 1. The summed E-state index contributed by atoms with van der Waals surface area (Å²) in [4.78, 5) is 6.22. The molecule has 0 bridgehead atoms. The highest BCUT2D eigenvalue weighted by Crippen LogP contribution is 2.28. The van der Waals surface area contributed by atoms with Gasteiger partial charge in [0.2, 0.25) is 0 Å². The molecule has 3 rings (SSSR count). The molecule has 0 N–H and O–H groups in total. The average molecular weight is 371 g/mol. The fourth-order valence-electron chi connectivity index (χ4n) is 3.09. The number of benzene rings is 1. The van der Waals surface area contributed by atoms with Crippen LogP contribution in [0.5, 0.6) is 0 Å². The molecule has 1 aromatic carbocycles. The van der Waals surface area contributed by atoms with E-state index >= 15 is 0 Å². The minimum atomic E-state index is 1.01. The molecular weight excluding hydrogens is 344 g/mol. The van der Waals surface area contributed by atoms with Crippen LogP contribution in [0, 0.1) is 0 Å². The maximum Gasteiger partial charge on any atom is 0.0619 e. The fraction of sp³-hybridized carbons (Fsp3) is 0.381. The van der Waals surface area contributed by atoms with Gasteiger partial charge >= 0.3 is 0 Å². The zero-order valence-corrected chi connectivity index (χ0v) is 16.9. The predicted octanol–water partition coefficient (Wildman–Crippen LogP) is 5.95. The Bertz CT molecular complexity index is 739. The number of aryl methyl sites for hydroxylation is 1. The van der Waals surface area contributed by atoms with E-state index in [1.807, 2.05) is 11.9 Å². The van der Waals surface area contributed by atoms with Crippen LogP contribution >= 0.6 is 23.3 Å². The van der Waals surface area contributed by atoms with Crippen molar-refractivity contribution >= 4 is 29.0 Å². The van der Waals surface area contributed by atoms with Gasteiger partial charge in [0.05, 0.1) is 5.71 Å². The molecule has 25 heavy (non-hydrogen) atoms. The first kappa shape index (κ1) is 18.4. The van der Waals surface area contributed by atoms with E-state index in [4.69, 9.17) is 4.99 Å². The SMILES string of the molecule is CCN(Cc1ccc(CCC2=C(C)CC(c3cccs3)=N2)cc1)SC. The van der Waals surface area contributed by atoms with Crippen molar-refractivity contribution in [2.45, 2.75) is 39.7 Å².